The number of halogens is 1. The van der Waals surface area contributed by atoms with Crippen LogP contribution in [0.1, 0.15) is 54.4 Å². The van der Waals surface area contributed by atoms with Gasteiger partial charge in [0.25, 0.3) is 5.91 Å². The number of rotatable bonds is 12. The highest BCUT2D eigenvalue weighted by molar-refractivity contribution is 6.30. The van der Waals surface area contributed by atoms with Crippen LogP contribution in [0.25, 0.3) is 10.8 Å². The number of nitrogens with zero attached hydrogens (tertiary/aromatic N) is 1. The second kappa shape index (κ2) is 11.7. The maximum Gasteiger partial charge on any atom is 0.251 e. The van der Waals surface area contributed by atoms with Crippen molar-refractivity contribution in [2.75, 3.05) is 33.3 Å². The van der Waals surface area contributed by atoms with Crippen molar-refractivity contribution in [1.82, 2.24) is 10.2 Å². The average molecular weight is 479 g/mol. The van der Waals surface area contributed by atoms with Crippen LogP contribution in [0.5, 0.6) is 5.75 Å². The summed E-state index contributed by atoms with van der Waals surface area (Å²) in [5.41, 5.74) is 1.97. The Morgan fingerprint density at radius 2 is 1.88 bits per heavy atom. The quantitative estimate of drug-likeness (QED) is 0.301. The highest BCUT2D eigenvalue weighted by atomic mass is 35.5. The first-order valence-corrected chi connectivity index (χ1v) is 12.8. The second-order valence-corrected chi connectivity index (χ2v) is 9.75. The van der Waals surface area contributed by atoms with Gasteiger partial charge in [-0.3, -0.25) is 4.79 Å². The molecule has 2 atom stereocenters. The number of ether oxygens (including phenoxy) is 1. The Morgan fingerprint density at radius 3 is 2.68 bits per heavy atom. The van der Waals surface area contributed by atoms with Gasteiger partial charge >= 0.3 is 0 Å². The lowest BCUT2D eigenvalue weighted by Gasteiger charge is -2.22. The lowest BCUT2D eigenvalue weighted by Crippen LogP contribution is -2.29. The number of fused-ring (bicyclic) bond motifs is 1. The Hall–Kier alpha value is -2.56. The number of carbonyl (C=O) groups excluding carboxylic acids is 1. The van der Waals surface area contributed by atoms with E-state index in [4.69, 9.17) is 16.3 Å². The molecule has 1 fully saturated rings. The molecule has 34 heavy (non-hydrogen) atoms. The first-order chi connectivity index (χ1) is 16.6. The van der Waals surface area contributed by atoms with Gasteiger partial charge in [0, 0.05) is 23.7 Å². The molecule has 0 heterocycles. The molecule has 180 valence electrons. The summed E-state index contributed by atoms with van der Waals surface area (Å²) in [5.74, 6) is 2.15. The Morgan fingerprint density at radius 1 is 1.06 bits per heavy atom. The number of benzene rings is 3. The van der Waals surface area contributed by atoms with E-state index in [-0.39, 0.29) is 5.91 Å². The van der Waals surface area contributed by atoms with E-state index in [0.717, 1.165) is 66.0 Å². The maximum absolute atomic E-state index is 12.5. The molecule has 0 saturated heterocycles. The number of hydrogen-bond donors (Lipinski definition) is 1. The predicted molar refractivity (Wildman–Crippen MR) is 141 cm³/mol. The minimum atomic E-state index is 0.00691. The van der Waals surface area contributed by atoms with Gasteiger partial charge in [-0.25, -0.2) is 0 Å². The summed E-state index contributed by atoms with van der Waals surface area (Å²) in [6, 6.07) is 19.9. The molecule has 0 spiro atoms. The Kier molecular flexibility index (Phi) is 8.47. The molecule has 1 saturated carbocycles. The van der Waals surface area contributed by atoms with Crippen molar-refractivity contribution in [2.45, 2.75) is 38.5 Å². The maximum atomic E-state index is 12.5. The summed E-state index contributed by atoms with van der Waals surface area (Å²) in [4.78, 5) is 15.1. The van der Waals surface area contributed by atoms with E-state index in [2.05, 4.69) is 29.3 Å². The molecule has 5 heteroatoms. The highest BCUT2D eigenvalue weighted by Crippen LogP contribution is 2.51. The Balaban J connectivity index is 1.21. The monoisotopic (exact) mass is 478 g/mol. The summed E-state index contributed by atoms with van der Waals surface area (Å²) in [6.07, 6.45) is 4.40. The molecular weight excluding hydrogens is 444 g/mol. The molecule has 0 aromatic heterocycles. The van der Waals surface area contributed by atoms with Crippen molar-refractivity contribution < 1.29 is 9.53 Å². The third kappa shape index (κ3) is 6.31. The highest BCUT2D eigenvalue weighted by Gasteiger charge is 2.40. The zero-order valence-electron chi connectivity index (χ0n) is 20.2. The fraction of sp³-hybridized carbons (Fsp3) is 0.414. The van der Waals surface area contributed by atoms with Crippen molar-refractivity contribution in [3.05, 3.63) is 76.8 Å². The number of methoxy groups -OCH3 is 1. The van der Waals surface area contributed by atoms with Crippen molar-refractivity contribution >= 4 is 28.3 Å². The molecular formula is C29H35ClN2O2. The standard InChI is InChI=1S/C29H35ClN2O2/c1-3-15-32(20-24-18-26(24)27-19-25(30)12-13-28(27)34-2)16-7-6-14-31-29(33)23-11-10-21-8-4-5-9-22(21)17-23/h4-5,8-13,17,19,24,26H,3,6-7,14-16,18,20H2,1-2H3,(H,31,33). The normalized spacial score (nSPS) is 17.2. The summed E-state index contributed by atoms with van der Waals surface area (Å²) < 4.78 is 5.56. The third-order valence-electron chi connectivity index (χ3n) is 6.74. The zero-order chi connectivity index (χ0) is 23.9. The first-order valence-electron chi connectivity index (χ1n) is 12.4. The minimum absolute atomic E-state index is 0.00691. The molecule has 3 aromatic carbocycles. The minimum Gasteiger partial charge on any atom is -0.496 e. The lowest BCUT2D eigenvalue weighted by atomic mass is 10.1. The van der Waals surface area contributed by atoms with Crippen LogP contribution in [-0.4, -0.2) is 44.1 Å². The molecule has 4 nitrogen and oxygen atoms in total. The van der Waals surface area contributed by atoms with Crippen LogP contribution in [0.15, 0.2) is 60.7 Å². The SMILES string of the molecule is CCCN(CCCCNC(=O)c1ccc2ccccc2c1)CC1CC1c1cc(Cl)ccc1OC. The van der Waals surface area contributed by atoms with E-state index in [1.54, 1.807) is 7.11 Å². The molecule has 4 rings (SSSR count). The van der Waals surface area contributed by atoms with Gasteiger partial charge in [-0.15, -0.1) is 0 Å². The third-order valence-corrected chi connectivity index (χ3v) is 6.98. The summed E-state index contributed by atoms with van der Waals surface area (Å²) in [7, 11) is 1.73. The topological polar surface area (TPSA) is 41.6 Å². The van der Waals surface area contributed by atoms with Crippen molar-refractivity contribution in [3.63, 3.8) is 0 Å². The molecule has 0 aliphatic heterocycles. The summed E-state index contributed by atoms with van der Waals surface area (Å²) in [6.45, 7) is 6.23. The Labute approximate surface area is 208 Å². The molecule has 1 amide bonds. The first kappa shape index (κ1) is 24.6. The van der Waals surface area contributed by atoms with Gasteiger partial charge < -0.3 is 15.0 Å². The van der Waals surface area contributed by atoms with Gasteiger partial charge in [-0.1, -0.05) is 48.9 Å². The van der Waals surface area contributed by atoms with Crippen LogP contribution in [0.3, 0.4) is 0 Å². The number of unbranched alkanes of at least 4 members (excludes halogenated alkanes) is 1. The van der Waals surface area contributed by atoms with E-state index in [9.17, 15) is 4.79 Å². The fourth-order valence-electron chi connectivity index (χ4n) is 4.86. The van der Waals surface area contributed by atoms with Crippen LogP contribution in [0, 0.1) is 5.92 Å². The van der Waals surface area contributed by atoms with E-state index in [1.807, 2.05) is 48.5 Å². The van der Waals surface area contributed by atoms with E-state index >= 15 is 0 Å². The van der Waals surface area contributed by atoms with Crippen molar-refractivity contribution in [1.29, 1.82) is 0 Å². The van der Waals surface area contributed by atoms with Crippen LogP contribution >= 0.6 is 11.6 Å². The lowest BCUT2D eigenvalue weighted by molar-refractivity contribution is 0.0952. The molecule has 2 unspecified atom stereocenters. The number of hydrogen-bond acceptors (Lipinski definition) is 3. The molecule has 3 aromatic rings. The zero-order valence-corrected chi connectivity index (χ0v) is 21.0. The fourth-order valence-corrected chi connectivity index (χ4v) is 5.04. The average Bonchev–Trinajstić information content (AvgIpc) is 3.62. The Bertz CT molecular complexity index is 1120. The van der Waals surface area contributed by atoms with Gasteiger partial charge in [0.05, 0.1) is 7.11 Å². The van der Waals surface area contributed by atoms with Gasteiger partial charge in [0.15, 0.2) is 0 Å². The van der Waals surface area contributed by atoms with E-state index < -0.39 is 0 Å². The molecule has 0 bridgehead atoms. The van der Waals surface area contributed by atoms with Crippen LogP contribution in [0.2, 0.25) is 5.02 Å². The van der Waals surface area contributed by atoms with E-state index in [0.29, 0.717) is 18.4 Å². The largest absolute Gasteiger partial charge is 0.496 e. The van der Waals surface area contributed by atoms with Gasteiger partial charge in [-0.05, 0) is 97.3 Å². The van der Waals surface area contributed by atoms with Gasteiger partial charge in [-0.2, -0.15) is 0 Å². The van der Waals surface area contributed by atoms with Gasteiger partial charge in [0.1, 0.15) is 5.75 Å². The second-order valence-electron chi connectivity index (χ2n) is 9.31. The number of amides is 1. The van der Waals surface area contributed by atoms with Crippen LogP contribution in [0.4, 0.5) is 0 Å². The molecule has 1 aliphatic carbocycles. The number of carbonyl (C=O) groups is 1. The smallest absolute Gasteiger partial charge is 0.251 e. The summed E-state index contributed by atoms with van der Waals surface area (Å²) in [5, 5.41) is 6.11. The van der Waals surface area contributed by atoms with Crippen molar-refractivity contribution in [2.24, 2.45) is 5.92 Å². The van der Waals surface area contributed by atoms with Crippen LogP contribution in [-0.2, 0) is 0 Å². The predicted octanol–water partition coefficient (Wildman–Crippen LogP) is 6.53. The molecule has 1 N–H and O–H groups in total. The number of nitrogens with one attached hydrogen (secondary N) is 1. The van der Waals surface area contributed by atoms with Crippen molar-refractivity contribution in [3.8, 4) is 5.75 Å². The van der Waals surface area contributed by atoms with Crippen LogP contribution < -0.4 is 10.1 Å². The van der Waals surface area contributed by atoms with E-state index in [1.165, 1.54) is 12.0 Å². The molecule has 0 radical (unpaired) electrons. The van der Waals surface area contributed by atoms with Gasteiger partial charge in [0.2, 0.25) is 0 Å². The summed E-state index contributed by atoms with van der Waals surface area (Å²) >= 11 is 6.24. The molecule has 1 aliphatic rings.